The fraction of sp³-hybridized carbons (Fsp3) is 0.435. The molecule has 0 spiro atoms. The van der Waals surface area contributed by atoms with E-state index in [0.29, 0.717) is 18.8 Å². The molecule has 6 nitrogen and oxygen atoms in total. The van der Waals surface area contributed by atoms with Gasteiger partial charge in [-0.1, -0.05) is 45.1 Å². The van der Waals surface area contributed by atoms with E-state index in [-0.39, 0.29) is 16.7 Å². The number of benzene rings is 2. The smallest absolute Gasteiger partial charge is 0.339 e. The van der Waals surface area contributed by atoms with Gasteiger partial charge in [-0.3, -0.25) is 4.90 Å². The summed E-state index contributed by atoms with van der Waals surface area (Å²) in [6, 6.07) is 10.9. The highest BCUT2D eigenvalue weighted by Crippen LogP contribution is 2.25. The van der Waals surface area contributed by atoms with Crippen molar-refractivity contribution < 1.29 is 21.8 Å². The van der Waals surface area contributed by atoms with E-state index in [4.69, 9.17) is 4.18 Å². The minimum atomic E-state index is -4.10. The Bertz CT molecular complexity index is 979. The summed E-state index contributed by atoms with van der Waals surface area (Å²) in [5.74, 6) is -0.676. The number of hydrogen-bond donors (Lipinski definition) is 0. The van der Waals surface area contributed by atoms with Crippen LogP contribution in [0.1, 0.15) is 45.4 Å². The summed E-state index contributed by atoms with van der Waals surface area (Å²) in [6.45, 7) is 4.17. The number of hydrogen-bond acceptors (Lipinski definition) is 4. The highest BCUT2D eigenvalue weighted by Gasteiger charge is 2.29. The lowest BCUT2D eigenvalue weighted by Crippen LogP contribution is -2.32. The Hall–Kier alpha value is -2.61. The first kappa shape index (κ1) is 23.1. The van der Waals surface area contributed by atoms with Crippen LogP contribution in [0.3, 0.4) is 0 Å². The molecule has 0 N–H and O–H groups in total. The largest absolute Gasteiger partial charge is 0.379 e. The first-order valence-electron chi connectivity index (χ1n) is 10.8. The van der Waals surface area contributed by atoms with E-state index in [9.17, 15) is 17.6 Å². The van der Waals surface area contributed by atoms with Gasteiger partial charge in [-0.25, -0.2) is 9.18 Å². The van der Waals surface area contributed by atoms with Crippen LogP contribution in [-0.4, -0.2) is 39.0 Å². The van der Waals surface area contributed by atoms with Gasteiger partial charge in [0, 0.05) is 31.4 Å². The van der Waals surface area contributed by atoms with Crippen LogP contribution in [0.5, 0.6) is 5.75 Å². The Morgan fingerprint density at radius 3 is 2.39 bits per heavy atom. The number of unbranched alkanes of at least 4 members (excludes halogenated alkanes) is 5. The molecule has 1 heterocycles. The van der Waals surface area contributed by atoms with E-state index < -0.39 is 15.9 Å². The predicted molar refractivity (Wildman–Crippen MR) is 118 cm³/mol. The monoisotopic (exact) mass is 448 g/mol. The Morgan fingerprint density at radius 1 is 0.968 bits per heavy atom. The SMILES string of the molecule is CCCCCCCCN1CCN(c2ccc(S(=O)(=O)Oc3cccc(F)c3)cc2)C1=O. The van der Waals surface area contributed by atoms with Crippen molar-refractivity contribution in [2.45, 2.75) is 50.3 Å². The van der Waals surface area contributed by atoms with Crippen molar-refractivity contribution in [3.63, 3.8) is 0 Å². The molecule has 2 aromatic rings. The summed E-state index contributed by atoms with van der Waals surface area (Å²) in [6.07, 6.45) is 7.05. The van der Waals surface area contributed by atoms with Crippen molar-refractivity contribution in [2.24, 2.45) is 0 Å². The van der Waals surface area contributed by atoms with Gasteiger partial charge in [-0.05, 0) is 42.8 Å². The Labute approximate surface area is 183 Å². The second-order valence-corrected chi connectivity index (χ2v) is 9.22. The molecule has 168 valence electrons. The van der Waals surface area contributed by atoms with Crippen LogP contribution in [0.4, 0.5) is 14.9 Å². The minimum Gasteiger partial charge on any atom is -0.379 e. The summed E-state index contributed by atoms with van der Waals surface area (Å²) in [5, 5.41) is 0. The van der Waals surface area contributed by atoms with Gasteiger partial charge in [0.2, 0.25) is 0 Å². The first-order valence-corrected chi connectivity index (χ1v) is 12.2. The van der Waals surface area contributed by atoms with Gasteiger partial charge in [0.05, 0.1) is 0 Å². The Balaban J connectivity index is 1.56. The van der Waals surface area contributed by atoms with E-state index in [1.807, 2.05) is 4.90 Å². The molecule has 1 aliphatic rings. The molecule has 1 aliphatic heterocycles. The van der Waals surface area contributed by atoms with Crippen molar-refractivity contribution in [1.29, 1.82) is 0 Å². The maximum absolute atomic E-state index is 13.3. The fourth-order valence-corrected chi connectivity index (χ4v) is 4.52. The molecule has 1 saturated heterocycles. The molecular formula is C23H29FN2O4S. The molecule has 1 fully saturated rings. The van der Waals surface area contributed by atoms with Crippen LogP contribution < -0.4 is 9.08 Å². The standard InChI is InChI=1S/C23H29FN2O4S/c1-2-3-4-5-6-7-15-25-16-17-26(23(25)27)20-11-13-22(14-12-20)31(28,29)30-21-10-8-9-19(24)18-21/h8-14,18H,2-7,15-17H2,1H3. The summed E-state index contributed by atoms with van der Waals surface area (Å²) in [7, 11) is -4.10. The van der Waals surface area contributed by atoms with Crippen LogP contribution in [0.2, 0.25) is 0 Å². The number of rotatable bonds is 11. The minimum absolute atomic E-state index is 0.0554. The van der Waals surface area contributed by atoms with Crippen molar-refractivity contribution in [3.05, 3.63) is 54.3 Å². The molecule has 2 aromatic carbocycles. The normalized spacial score (nSPS) is 14.3. The average Bonchev–Trinajstić information content (AvgIpc) is 3.11. The zero-order valence-corrected chi connectivity index (χ0v) is 18.6. The summed E-state index contributed by atoms with van der Waals surface area (Å²) >= 11 is 0. The Kier molecular flexibility index (Phi) is 7.90. The third-order valence-corrected chi connectivity index (χ3v) is 6.58. The number of anilines is 1. The molecule has 0 bridgehead atoms. The zero-order valence-electron chi connectivity index (χ0n) is 17.8. The molecule has 8 heteroatoms. The van der Waals surface area contributed by atoms with Gasteiger partial charge >= 0.3 is 16.1 Å². The lowest BCUT2D eigenvalue weighted by atomic mass is 10.1. The lowest BCUT2D eigenvalue weighted by molar-refractivity contribution is 0.219. The highest BCUT2D eigenvalue weighted by molar-refractivity contribution is 7.87. The van der Waals surface area contributed by atoms with Crippen molar-refractivity contribution >= 4 is 21.8 Å². The summed E-state index contributed by atoms with van der Waals surface area (Å²) in [4.78, 5) is 16.1. The van der Waals surface area contributed by atoms with Gasteiger partial charge in [0.1, 0.15) is 16.5 Å². The lowest BCUT2D eigenvalue weighted by Gasteiger charge is -2.19. The van der Waals surface area contributed by atoms with Gasteiger partial charge in [-0.2, -0.15) is 8.42 Å². The van der Waals surface area contributed by atoms with E-state index in [0.717, 1.165) is 25.5 Å². The topological polar surface area (TPSA) is 66.9 Å². The molecule has 0 aliphatic carbocycles. The third kappa shape index (κ3) is 6.19. The van der Waals surface area contributed by atoms with Crippen molar-refractivity contribution in [2.75, 3.05) is 24.5 Å². The van der Waals surface area contributed by atoms with Crippen LogP contribution in [-0.2, 0) is 10.1 Å². The van der Waals surface area contributed by atoms with E-state index in [1.54, 1.807) is 17.0 Å². The molecule has 0 radical (unpaired) electrons. The molecular weight excluding hydrogens is 419 g/mol. The van der Waals surface area contributed by atoms with Gasteiger partial charge in [-0.15, -0.1) is 0 Å². The van der Waals surface area contributed by atoms with E-state index >= 15 is 0 Å². The highest BCUT2D eigenvalue weighted by atomic mass is 32.2. The third-order valence-electron chi connectivity index (χ3n) is 5.32. The maximum Gasteiger partial charge on any atom is 0.339 e. The number of nitrogens with zero attached hydrogens (tertiary/aromatic N) is 2. The van der Waals surface area contributed by atoms with Crippen LogP contribution >= 0.6 is 0 Å². The van der Waals surface area contributed by atoms with Gasteiger partial charge in [0.15, 0.2) is 0 Å². The first-order chi connectivity index (χ1) is 14.9. The fourth-order valence-electron chi connectivity index (χ4n) is 3.60. The Morgan fingerprint density at radius 2 is 1.68 bits per heavy atom. The molecule has 31 heavy (non-hydrogen) atoms. The predicted octanol–water partition coefficient (Wildman–Crippen LogP) is 5.20. The molecule has 3 rings (SSSR count). The molecule has 0 unspecified atom stereocenters. The molecule has 2 amide bonds. The number of amides is 2. The molecule has 0 atom stereocenters. The van der Waals surface area contributed by atoms with Crippen LogP contribution in [0, 0.1) is 5.82 Å². The average molecular weight is 449 g/mol. The van der Waals surface area contributed by atoms with E-state index in [2.05, 4.69) is 6.92 Å². The van der Waals surface area contributed by atoms with Crippen molar-refractivity contribution in [1.82, 2.24) is 4.90 Å². The molecule has 0 aromatic heterocycles. The summed E-state index contributed by atoms with van der Waals surface area (Å²) in [5.41, 5.74) is 0.639. The number of carbonyl (C=O) groups excluding carboxylic acids is 1. The maximum atomic E-state index is 13.3. The zero-order chi connectivity index (χ0) is 22.3. The number of urea groups is 1. The summed E-state index contributed by atoms with van der Waals surface area (Å²) < 4.78 is 43.1. The number of carbonyl (C=O) groups is 1. The number of halogens is 1. The molecule has 0 saturated carbocycles. The second kappa shape index (κ2) is 10.6. The van der Waals surface area contributed by atoms with Crippen molar-refractivity contribution in [3.8, 4) is 5.75 Å². The van der Waals surface area contributed by atoms with Gasteiger partial charge < -0.3 is 9.08 Å². The van der Waals surface area contributed by atoms with Crippen LogP contribution in [0.15, 0.2) is 53.4 Å². The second-order valence-electron chi connectivity index (χ2n) is 7.68. The van der Waals surface area contributed by atoms with E-state index in [1.165, 1.54) is 56.0 Å². The quantitative estimate of drug-likeness (QED) is 0.350. The van der Waals surface area contributed by atoms with Crippen LogP contribution in [0.25, 0.3) is 0 Å². The van der Waals surface area contributed by atoms with Gasteiger partial charge in [0.25, 0.3) is 0 Å².